The van der Waals surface area contributed by atoms with Crippen molar-refractivity contribution in [2.24, 2.45) is 0 Å². The van der Waals surface area contributed by atoms with E-state index in [4.69, 9.17) is 5.26 Å². The van der Waals surface area contributed by atoms with E-state index in [-0.39, 0.29) is 0 Å². The summed E-state index contributed by atoms with van der Waals surface area (Å²) in [6, 6.07) is 3.99. The third-order valence-corrected chi connectivity index (χ3v) is 3.84. The van der Waals surface area contributed by atoms with Crippen LogP contribution in [0.4, 0.5) is 5.82 Å². The molecule has 0 aliphatic rings. The van der Waals surface area contributed by atoms with Crippen molar-refractivity contribution in [1.29, 1.82) is 5.26 Å². The number of anilines is 1. The predicted molar refractivity (Wildman–Crippen MR) is 66.1 cm³/mol. The van der Waals surface area contributed by atoms with Gasteiger partial charge in [0.15, 0.2) is 11.5 Å². The monoisotopic (exact) mass is 294 g/mol. The zero-order valence-electron chi connectivity index (χ0n) is 8.14. The number of nitrogens with one attached hydrogen (secondary N) is 1. The summed E-state index contributed by atoms with van der Waals surface area (Å²) in [6.07, 6.45) is 3.07. The Morgan fingerprint density at radius 3 is 2.94 bits per heavy atom. The fraction of sp³-hybridized carbons (Fsp3) is 0.100. The summed E-state index contributed by atoms with van der Waals surface area (Å²) in [6.45, 7) is 0.631. The van der Waals surface area contributed by atoms with E-state index in [0.717, 1.165) is 9.35 Å². The highest BCUT2D eigenvalue weighted by molar-refractivity contribution is 9.10. The van der Waals surface area contributed by atoms with E-state index in [2.05, 4.69) is 31.2 Å². The van der Waals surface area contributed by atoms with E-state index >= 15 is 0 Å². The molecule has 6 heteroatoms. The van der Waals surface area contributed by atoms with Crippen LogP contribution in [-0.2, 0) is 6.54 Å². The van der Waals surface area contributed by atoms with Gasteiger partial charge in [0.2, 0.25) is 0 Å². The number of aromatic nitrogens is 2. The molecule has 0 amide bonds. The topological polar surface area (TPSA) is 61.6 Å². The van der Waals surface area contributed by atoms with Crippen LogP contribution in [-0.4, -0.2) is 9.97 Å². The van der Waals surface area contributed by atoms with Crippen molar-refractivity contribution >= 4 is 33.1 Å². The molecule has 0 unspecified atom stereocenters. The second kappa shape index (κ2) is 5.05. The summed E-state index contributed by atoms with van der Waals surface area (Å²) < 4.78 is 1.06. The minimum absolute atomic E-state index is 0.315. The number of thiophene rings is 1. The second-order valence-electron chi connectivity index (χ2n) is 2.91. The Morgan fingerprint density at radius 1 is 1.44 bits per heavy atom. The molecular weight excluding hydrogens is 288 g/mol. The van der Waals surface area contributed by atoms with E-state index in [1.165, 1.54) is 6.20 Å². The molecule has 2 heterocycles. The molecule has 80 valence electrons. The normalized spacial score (nSPS) is 9.75. The van der Waals surface area contributed by atoms with Crippen molar-refractivity contribution < 1.29 is 0 Å². The summed E-state index contributed by atoms with van der Waals surface area (Å²) in [4.78, 5) is 9.16. The number of halogens is 1. The molecule has 16 heavy (non-hydrogen) atoms. The Balaban J connectivity index is 2.11. The average Bonchev–Trinajstić information content (AvgIpc) is 2.72. The Labute approximate surface area is 105 Å². The number of nitrogens with zero attached hydrogens (tertiary/aromatic N) is 3. The largest absolute Gasteiger partial charge is 0.363 e. The van der Waals surface area contributed by atoms with Gasteiger partial charge in [-0.15, -0.1) is 11.3 Å². The average molecular weight is 295 g/mol. The van der Waals surface area contributed by atoms with Crippen LogP contribution in [0.1, 0.15) is 10.6 Å². The van der Waals surface area contributed by atoms with Crippen molar-refractivity contribution in [2.75, 3.05) is 5.32 Å². The molecule has 0 bridgehead atoms. The highest BCUT2D eigenvalue weighted by Gasteiger charge is 2.05. The van der Waals surface area contributed by atoms with Crippen molar-refractivity contribution in [1.82, 2.24) is 9.97 Å². The van der Waals surface area contributed by atoms with E-state index in [1.807, 2.05) is 17.5 Å². The first-order valence-electron chi connectivity index (χ1n) is 4.48. The molecule has 0 aliphatic carbocycles. The summed E-state index contributed by atoms with van der Waals surface area (Å²) in [5.41, 5.74) is 0.315. The summed E-state index contributed by atoms with van der Waals surface area (Å²) in [5.74, 6) is 0.519. The van der Waals surface area contributed by atoms with Gasteiger partial charge >= 0.3 is 0 Å². The van der Waals surface area contributed by atoms with Crippen molar-refractivity contribution in [3.8, 4) is 6.07 Å². The predicted octanol–water partition coefficient (Wildman–Crippen LogP) is 2.78. The molecule has 0 aromatic carbocycles. The van der Waals surface area contributed by atoms with Gasteiger partial charge in [0.1, 0.15) is 6.07 Å². The zero-order valence-corrected chi connectivity index (χ0v) is 10.5. The quantitative estimate of drug-likeness (QED) is 0.945. The van der Waals surface area contributed by atoms with E-state index in [9.17, 15) is 0 Å². The fourth-order valence-corrected chi connectivity index (χ4v) is 2.60. The van der Waals surface area contributed by atoms with Crippen molar-refractivity contribution in [3.63, 3.8) is 0 Å². The van der Waals surface area contributed by atoms with Gasteiger partial charge in [-0.1, -0.05) is 0 Å². The van der Waals surface area contributed by atoms with Crippen LogP contribution in [0.3, 0.4) is 0 Å². The van der Waals surface area contributed by atoms with E-state index < -0.39 is 0 Å². The van der Waals surface area contributed by atoms with Gasteiger partial charge in [0.25, 0.3) is 0 Å². The Kier molecular flexibility index (Phi) is 3.49. The molecule has 0 atom stereocenters. The van der Waals surface area contributed by atoms with E-state index in [0.29, 0.717) is 18.1 Å². The lowest BCUT2D eigenvalue weighted by molar-refractivity contribution is 1.09. The molecule has 2 rings (SSSR count). The molecule has 1 N–H and O–H groups in total. The first-order valence-corrected chi connectivity index (χ1v) is 6.15. The van der Waals surface area contributed by atoms with Crippen LogP contribution >= 0.6 is 27.3 Å². The number of nitriles is 1. The second-order valence-corrected chi connectivity index (χ2v) is 4.77. The Morgan fingerprint density at radius 2 is 2.25 bits per heavy atom. The van der Waals surface area contributed by atoms with Gasteiger partial charge in [-0.25, -0.2) is 9.97 Å². The molecule has 0 aliphatic heterocycles. The lowest BCUT2D eigenvalue weighted by atomic mass is 10.4. The number of rotatable bonds is 3. The van der Waals surface area contributed by atoms with Crippen LogP contribution in [0.25, 0.3) is 0 Å². The van der Waals surface area contributed by atoms with Gasteiger partial charge in [0.05, 0.1) is 6.54 Å². The fourth-order valence-electron chi connectivity index (χ4n) is 1.16. The SMILES string of the molecule is N#Cc1nccnc1NCc1sccc1Br. The summed E-state index contributed by atoms with van der Waals surface area (Å²) >= 11 is 5.09. The maximum absolute atomic E-state index is 8.83. The molecule has 0 fully saturated rings. The minimum Gasteiger partial charge on any atom is -0.363 e. The van der Waals surface area contributed by atoms with Gasteiger partial charge < -0.3 is 5.32 Å². The van der Waals surface area contributed by atoms with Gasteiger partial charge in [-0.05, 0) is 27.4 Å². The molecule has 4 nitrogen and oxygen atoms in total. The number of hydrogen-bond acceptors (Lipinski definition) is 5. The van der Waals surface area contributed by atoms with Crippen LogP contribution < -0.4 is 5.32 Å². The zero-order chi connectivity index (χ0) is 11.4. The third kappa shape index (κ3) is 2.38. The van der Waals surface area contributed by atoms with Crippen LogP contribution in [0.15, 0.2) is 28.3 Å². The van der Waals surface area contributed by atoms with Gasteiger partial charge in [0, 0.05) is 21.7 Å². The van der Waals surface area contributed by atoms with Crippen LogP contribution in [0.2, 0.25) is 0 Å². The smallest absolute Gasteiger partial charge is 0.182 e. The molecule has 0 radical (unpaired) electrons. The lowest BCUT2D eigenvalue weighted by Gasteiger charge is -2.04. The molecule has 0 spiro atoms. The standard InChI is InChI=1S/C10H7BrN4S/c11-7-1-4-16-9(7)6-15-10-8(5-12)13-2-3-14-10/h1-4H,6H2,(H,14,15). The first-order chi connectivity index (χ1) is 7.81. The first kappa shape index (κ1) is 11.0. The highest BCUT2D eigenvalue weighted by atomic mass is 79.9. The molecule has 2 aromatic rings. The maximum atomic E-state index is 8.83. The lowest BCUT2D eigenvalue weighted by Crippen LogP contribution is -2.03. The minimum atomic E-state index is 0.315. The molecule has 0 saturated carbocycles. The van der Waals surface area contributed by atoms with Gasteiger partial charge in [-0.3, -0.25) is 0 Å². The third-order valence-electron chi connectivity index (χ3n) is 1.91. The highest BCUT2D eigenvalue weighted by Crippen LogP contribution is 2.23. The van der Waals surface area contributed by atoms with Crippen LogP contribution in [0, 0.1) is 11.3 Å². The molecule has 0 saturated heterocycles. The summed E-state index contributed by atoms with van der Waals surface area (Å²) in [7, 11) is 0. The Hall–Kier alpha value is -1.45. The van der Waals surface area contributed by atoms with E-state index in [1.54, 1.807) is 17.5 Å². The van der Waals surface area contributed by atoms with Crippen molar-refractivity contribution in [3.05, 3.63) is 38.9 Å². The summed E-state index contributed by atoms with van der Waals surface area (Å²) in [5, 5.41) is 13.9. The Bertz CT molecular complexity index is 532. The van der Waals surface area contributed by atoms with Gasteiger partial charge in [-0.2, -0.15) is 5.26 Å². The maximum Gasteiger partial charge on any atom is 0.182 e. The number of hydrogen-bond donors (Lipinski definition) is 1. The molecular formula is C10H7BrN4S. The molecule has 2 aromatic heterocycles. The van der Waals surface area contributed by atoms with Crippen molar-refractivity contribution in [2.45, 2.75) is 6.54 Å². The van der Waals surface area contributed by atoms with Crippen LogP contribution in [0.5, 0.6) is 0 Å².